The van der Waals surface area contributed by atoms with Crippen LogP contribution < -0.4 is 0 Å². The van der Waals surface area contributed by atoms with Crippen molar-refractivity contribution in [3.8, 4) is 0 Å². The Morgan fingerprint density at radius 3 is 2.62 bits per heavy atom. The molecule has 74 valence electrons. The van der Waals surface area contributed by atoms with Crippen molar-refractivity contribution in [3.05, 3.63) is 9.67 Å². The molecule has 0 N–H and O–H groups in total. The first-order chi connectivity index (χ1) is 5.97. The van der Waals surface area contributed by atoms with Gasteiger partial charge in [-0.25, -0.2) is 0 Å². The molecule has 1 saturated heterocycles. The van der Waals surface area contributed by atoms with E-state index < -0.39 is 18.4 Å². The third kappa shape index (κ3) is 2.13. The van der Waals surface area contributed by atoms with Gasteiger partial charge >= 0.3 is 88.3 Å². The summed E-state index contributed by atoms with van der Waals surface area (Å²) in [5, 5.41) is 0. The van der Waals surface area contributed by atoms with Crippen molar-refractivity contribution in [1.29, 1.82) is 0 Å². The molecule has 0 saturated carbocycles. The van der Waals surface area contributed by atoms with E-state index in [-0.39, 0.29) is 0 Å². The van der Waals surface area contributed by atoms with Gasteiger partial charge in [0.1, 0.15) is 0 Å². The molecule has 1 aliphatic heterocycles. The molecular formula is C10H20NPSn. The molecule has 3 heteroatoms. The summed E-state index contributed by atoms with van der Waals surface area (Å²) in [5.74, 6) is 1.85. The first-order valence-electron chi connectivity index (χ1n) is 5.17. The number of hydrogen-bond donors (Lipinski definition) is 0. The molecule has 1 heterocycles. The van der Waals surface area contributed by atoms with E-state index in [2.05, 4.69) is 35.0 Å². The van der Waals surface area contributed by atoms with Crippen LogP contribution in [-0.4, -0.2) is 36.1 Å². The molecule has 0 aromatic carbocycles. The standard InChI is InChI=1S/C7H11NP.3CH3.Sn/c9-8-4-6-2-1-3-7(6)5-8;;;;/h2,6-7H,3-5,9H2;3*1H3;. The molecule has 1 aliphatic carbocycles. The fraction of sp³-hybridized carbons (Fsp3) is 0.800. The second-order valence-electron chi connectivity index (χ2n) is 5.52. The van der Waals surface area contributed by atoms with Gasteiger partial charge in [0.2, 0.25) is 0 Å². The van der Waals surface area contributed by atoms with E-state index >= 15 is 0 Å². The fourth-order valence-electron chi connectivity index (χ4n) is 2.50. The predicted octanol–water partition coefficient (Wildman–Crippen LogP) is 2.53. The summed E-state index contributed by atoms with van der Waals surface area (Å²) in [6.45, 7) is 2.58. The second-order valence-corrected chi connectivity index (χ2v) is 20.9. The van der Waals surface area contributed by atoms with Crippen LogP contribution in [0.2, 0.25) is 14.8 Å². The quantitative estimate of drug-likeness (QED) is 0.531. The van der Waals surface area contributed by atoms with Crippen LogP contribution in [0.5, 0.6) is 0 Å². The van der Waals surface area contributed by atoms with Gasteiger partial charge in [-0.2, -0.15) is 0 Å². The van der Waals surface area contributed by atoms with Crippen molar-refractivity contribution in [1.82, 2.24) is 4.67 Å². The van der Waals surface area contributed by atoms with Crippen molar-refractivity contribution >= 4 is 27.8 Å². The zero-order valence-corrected chi connectivity index (χ0v) is 12.9. The Morgan fingerprint density at radius 2 is 2.08 bits per heavy atom. The summed E-state index contributed by atoms with van der Waals surface area (Å²) in [6, 6.07) is 0. The molecule has 0 aromatic heterocycles. The maximum atomic E-state index is 2.85. The predicted molar refractivity (Wildman–Crippen MR) is 64.3 cm³/mol. The zero-order valence-electron chi connectivity index (χ0n) is 8.88. The zero-order chi connectivity index (χ0) is 9.64. The van der Waals surface area contributed by atoms with Gasteiger partial charge in [-0.15, -0.1) is 0 Å². The van der Waals surface area contributed by atoms with Crippen molar-refractivity contribution in [2.45, 2.75) is 21.2 Å². The number of rotatable bonds is 1. The Balaban J connectivity index is 2.10. The van der Waals surface area contributed by atoms with E-state index in [1.54, 1.807) is 0 Å². The first-order valence-corrected chi connectivity index (χ1v) is 15.7. The molecular weight excluding hydrogens is 284 g/mol. The van der Waals surface area contributed by atoms with E-state index in [0.29, 0.717) is 0 Å². The van der Waals surface area contributed by atoms with Gasteiger partial charge < -0.3 is 0 Å². The Hall–Kier alpha value is 0.929. The summed E-state index contributed by atoms with van der Waals surface area (Å²) in [6.07, 6.45) is 4.06. The summed E-state index contributed by atoms with van der Waals surface area (Å²) >= 11 is -1.68. The van der Waals surface area contributed by atoms with Crippen LogP contribution in [0.1, 0.15) is 6.42 Å². The Labute approximate surface area is 88.1 Å². The number of nitrogens with zero attached hydrogens (tertiary/aromatic N) is 1. The summed E-state index contributed by atoms with van der Waals surface area (Å²) in [5.41, 5.74) is 0. The van der Waals surface area contributed by atoms with E-state index in [4.69, 9.17) is 0 Å². The van der Waals surface area contributed by atoms with Gasteiger partial charge in [0.25, 0.3) is 0 Å². The SMILES string of the molecule is [CH3][Sn]([CH3])([CH3])[C]1=CC2CN(P)CC2C1. The van der Waals surface area contributed by atoms with E-state index in [1.807, 2.05) is 3.59 Å². The van der Waals surface area contributed by atoms with Gasteiger partial charge in [0.05, 0.1) is 0 Å². The van der Waals surface area contributed by atoms with Crippen LogP contribution in [0.15, 0.2) is 9.67 Å². The van der Waals surface area contributed by atoms with E-state index in [9.17, 15) is 0 Å². The molecule has 0 aromatic rings. The molecule has 2 aliphatic rings. The van der Waals surface area contributed by atoms with Crippen molar-refractivity contribution in [2.24, 2.45) is 11.8 Å². The molecule has 0 spiro atoms. The number of fused-ring (bicyclic) bond motifs is 1. The average Bonchev–Trinajstić information content (AvgIpc) is 2.40. The maximum absolute atomic E-state index is 2.85. The number of allylic oxidation sites excluding steroid dienone is 1. The Kier molecular flexibility index (Phi) is 2.81. The third-order valence-corrected chi connectivity index (χ3v) is 10.4. The Morgan fingerprint density at radius 1 is 1.38 bits per heavy atom. The molecule has 13 heavy (non-hydrogen) atoms. The first kappa shape index (κ1) is 10.4. The van der Waals surface area contributed by atoms with Crippen LogP contribution in [0.3, 0.4) is 0 Å². The van der Waals surface area contributed by atoms with Crippen molar-refractivity contribution in [2.75, 3.05) is 13.1 Å². The van der Waals surface area contributed by atoms with Gasteiger partial charge in [0.15, 0.2) is 0 Å². The van der Waals surface area contributed by atoms with Crippen molar-refractivity contribution < 1.29 is 0 Å². The molecule has 0 radical (unpaired) electrons. The molecule has 3 atom stereocenters. The minimum atomic E-state index is -1.68. The fourth-order valence-corrected chi connectivity index (χ4v) is 7.55. The minimum absolute atomic E-state index is 0.892. The van der Waals surface area contributed by atoms with Crippen LogP contribution >= 0.6 is 9.39 Å². The van der Waals surface area contributed by atoms with Crippen LogP contribution in [0.4, 0.5) is 0 Å². The van der Waals surface area contributed by atoms with Gasteiger partial charge in [-0.1, -0.05) is 0 Å². The number of hydrogen-bond acceptors (Lipinski definition) is 1. The third-order valence-electron chi connectivity index (χ3n) is 3.38. The average molecular weight is 304 g/mol. The molecule has 1 fully saturated rings. The van der Waals surface area contributed by atoms with E-state index in [1.165, 1.54) is 19.5 Å². The molecule has 0 bridgehead atoms. The molecule has 2 rings (SSSR count). The monoisotopic (exact) mass is 305 g/mol. The topological polar surface area (TPSA) is 3.24 Å². The van der Waals surface area contributed by atoms with Crippen LogP contribution in [0.25, 0.3) is 0 Å². The van der Waals surface area contributed by atoms with Gasteiger partial charge in [-0.3, -0.25) is 0 Å². The molecule has 0 amide bonds. The van der Waals surface area contributed by atoms with E-state index in [0.717, 1.165) is 11.8 Å². The van der Waals surface area contributed by atoms with Crippen LogP contribution in [-0.2, 0) is 0 Å². The molecule has 1 nitrogen and oxygen atoms in total. The van der Waals surface area contributed by atoms with Crippen molar-refractivity contribution in [3.63, 3.8) is 0 Å². The molecule has 3 unspecified atom stereocenters. The van der Waals surface area contributed by atoms with Crippen LogP contribution in [0, 0.1) is 11.8 Å². The summed E-state index contributed by atoms with van der Waals surface area (Å²) in [4.78, 5) is 7.63. The van der Waals surface area contributed by atoms with Gasteiger partial charge in [0, 0.05) is 0 Å². The normalized spacial score (nSPS) is 34.9. The Bertz CT molecular complexity index is 244. The summed E-state index contributed by atoms with van der Waals surface area (Å²) < 4.78 is 4.29. The van der Waals surface area contributed by atoms with Gasteiger partial charge in [-0.05, 0) is 0 Å². The summed E-state index contributed by atoms with van der Waals surface area (Å²) in [7, 11) is 2.85. The second kappa shape index (κ2) is 3.50.